The van der Waals surface area contributed by atoms with E-state index in [1.807, 2.05) is 25.1 Å². The Balaban J connectivity index is 1.76. The van der Waals surface area contributed by atoms with E-state index in [1.165, 1.54) is 0 Å². The van der Waals surface area contributed by atoms with Crippen molar-refractivity contribution in [3.8, 4) is 11.5 Å². The van der Waals surface area contributed by atoms with Crippen molar-refractivity contribution in [3.63, 3.8) is 0 Å². The zero-order valence-corrected chi connectivity index (χ0v) is 22.2. The number of hydrogen-bond donors (Lipinski definition) is 1. The van der Waals surface area contributed by atoms with Crippen LogP contribution in [0, 0.1) is 0 Å². The molecule has 0 radical (unpaired) electrons. The van der Waals surface area contributed by atoms with Crippen molar-refractivity contribution in [1.29, 1.82) is 0 Å². The second-order valence-corrected chi connectivity index (χ2v) is 9.71. The molecule has 35 heavy (non-hydrogen) atoms. The maximum Gasteiger partial charge on any atom is 0.336 e. The molecule has 4 rings (SSSR count). The molecule has 1 aliphatic carbocycles. The number of benzene rings is 2. The number of nitrogens with one attached hydrogen (secondary N) is 1. The summed E-state index contributed by atoms with van der Waals surface area (Å²) in [5.41, 5.74) is 4.29. The number of dihydropyridines is 1. The lowest BCUT2D eigenvalue weighted by atomic mass is 9.75. The van der Waals surface area contributed by atoms with Crippen molar-refractivity contribution in [1.82, 2.24) is 5.32 Å². The highest BCUT2D eigenvalue weighted by Gasteiger charge is 2.39. The van der Waals surface area contributed by atoms with Gasteiger partial charge in [0.1, 0.15) is 18.1 Å². The zero-order valence-electron chi connectivity index (χ0n) is 19.9. The Hall–Kier alpha value is -2.77. The number of ketones is 1. The summed E-state index contributed by atoms with van der Waals surface area (Å²) in [6, 6.07) is 11.0. The number of Topliss-reactive ketones (excluding diaryl/α,β-unsaturated/α-hetero) is 1. The first-order valence-electron chi connectivity index (χ1n) is 11.5. The second kappa shape index (κ2) is 10.9. The Morgan fingerprint density at radius 1 is 1.17 bits per heavy atom. The van der Waals surface area contributed by atoms with Gasteiger partial charge >= 0.3 is 5.97 Å². The van der Waals surface area contributed by atoms with Gasteiger partial charge in [-0.1, -0.05) is 17.7 Å². The molecule has 1 atom stereocenters. The molecule has 184 valence electrons. The largest absolute Gasteiger partial charge is 0.496 e. The first kappa shape index (κ1) is 25.3. The van der Waals surface area contributed by atoms with Crippen LogP contribution in [0.25, 0.3) is 0 Å². The number of halogens is 2. The van der Waals surface area contributed by atoms with E-state index in [9.17, 15) is 9.59 Å². The molecule has 0 spiro atoms. The molecule has 8 heteroatoms. The van der Waals surface area contributed by atoms with Crippen LogP contribution >= 0.6 is 27.5 Å². The highest BCUT2D eigenvalue weighted by atomic mass is 79.9. The number of carbonyl (C=O) groups excluding carboxylic acids is 2. The van der Waals surface area contributed by atoms with E-state index >= 15 is 0 Å². The SMILES string of the molecule is CCOC(=O)C1=C(C)NC2=C(C(=O)CCC2)[C@H]1c1ccc(OC)c(COc2ccc(Cl)cc2Br)c1. The molecule has 0 unspecified atom stereocenters. The van der Waals surface area contributed by atoms with Gasteiger partial charge in [-0.3, -0.25) is 4.79 Å². The first-order valence-corrected chi connectivity index (χ1v) is 12.7. The van der Waals surface area contributed by atoms with Crippen LogP contribution in [0.1, 0.15) is 50.2 Å². The molecule has 1 N–H and O–H groups in total. The molecule has 0 bridgehead atoms. The number of allylic oxidation sites excluding steroid dienone is 3. The Bertz CT molecular complexity index is 1240. The molecule has 0 aromatic heterocycles. The molecular weight excluding hydrogens is 534 g/mol. The van der Waals surface area contributed by atoms with Crippen molar-refractivity contribution in [2.75, 3.05) is 13.7 Å². The highest BCUT2D eigenvalue weighted by molar-refractivity contribution is 9.10. The molecule has 0 amide bonds. The van der Waals surface area contributed by atoms with Crippen molar-refractivity contribution < 1.29 is 23.8 Å². The minimum Gasteiger partial charge on any atom is -0.496 e. The summed E-state index contributed by atoms with van der Waals surface area (Å²) in [4.78, 5) is 26.1. The summed E-state index contributed by atoms with van der Waals surface area (Å²) in [5.74, 6) is 0.391. The van der Waals surface area contributed by atoms with E-state index in [2.05, 4.69) is 21.2 Å². The fourth-order valence-corrected chi connectivity index (χ4v) is 5.43. The van der Waals surface area contributed by atoms with E-state index in [-0.39, 0.29) is 19.0 Å². The molecule has 0 saturated carbocycles. The van der Waals surface area contributed by atoms with Gasteiger partial charge in [-0.25, -0.2) is 4.79 Å². The van der Waals surface area contributed by atoms with Crippen molar-refractivity contribution in [2.24, 2.45) is 0 Å². The number of carbonyl (C=O) groups is 2. The average molecular weight is 561 g/mol. The van der Waals surface area contributed by atoms with E-state index in [4.69, 9.17) is 25.8 Å². The summed E-state index contributed by atoms with van der Waals surface area (Å²) in [6.45, 7) is 4.10. The second-order valence-electron chi connectivity index (χ2n) is 8.42. The molecule has 1 aliphatic heterocycles. The monoisotopic (exact) mass is 559 g/mol. The van der Waals surface area contributed by atoms with Crippen molar-refractivity contribution in [3.05, 3.63) is 79.6 Å². The quantitative estimate of drug-likeness (QED) is 0.405. The summed E-state index contributed by atoms with van der Waals surface area (Å²) in [7, 11) is 1.60. The summed E-state index contributed by atoms with van der Waals surface area (Å²) >= 11 is 9.52. The fourth-order valence-electron chi connectivity index (χ4n) is 4.63. The highest BCUT2D eigenvalue weighted by Crippen LogP contribution is 2.43. The standard InChI is InChI=1S/C27H27BrClNO5/c1-4-34-27(32)24-15(2)30-20-6-5-7-21(31)26(20)25(24)16-8-10-22(33-3)17(12-16)14-35-23-11-9-18(29)13-19(23)28/h8-13,25,30H,4-7,14H2,1-3H3/t25-/m0/s1. The topological polar surface area (TPSA) is 73.9 Å². The Morgan fingerprint density at radius 2 is 1.94 bits per heavy atom. The van der Waals surface area contributed by atoms with Gasteiger partial charge in [0.25, 0.3) is 0 Å². The Labute approximate surface area is 218 Å². The minimum atomic E-state index is -0.523. The third kappa shape index (κ3) is 5.26. The Kier molecular flexibility index (Phi) is 7.87. The third-order valence-electron chi connectivity index (χ3n) is 6.19. The number of esters is 1. The van der Waals surface area contributed by atoms with Gasteiger partial charge in [-0.05, 0) is 78.5 Å². The van der Waals surface area contributed by atoms with Crippen LogP contribution in [0.3, 0.4) is 0 Å². The van der Waals surface area contributed by atoms with Crippen LogP contribution in [-0.4, -0.2) is 25.5 Å². The first-order chi connectivity index (χ1) is 16.8. The lowest BCUT2D eigenvalue weighted by molar-refractivity contribution is -0.138. The number of ether oxygens (including phenoxy) is 3. The molecule has 0 saturated heterocycles. The molecular formula is C27H27BrClNO5. The normalized spacial score (nSPS) is 17.6. The van der Waals surface area contributed by atoms with E-state index in [0.717, 1.165) is 34.1 Å². The van der Waals surface area contributed by atoms with Crippen molar-refractivity contribution in [2.45, 2.75) is 45.6 Å². The lowest BCUT2D eigenvalue weighted by Gasteiger charge is -2.34. The zero-order chi connectivity index (χ0) is 25.1. The van der Waals surface area contributed by atoms with Gasteiger partial charge in [0, 0.05) is 39.9 Å². The predicted octanol–water partition coefficient (Wildman–Crippen LogP) is 6.22. The van der Waals surface area contributed by atoms with Gasteiger partial charge in [0.15, 0.2) is 5.78 Å². The van der Waals surface area contributed by atoms with Gasteiger partial charge in [-0.15, -0.1) is 0 Å². The molecule has 1 heterocycles. The minimum absolute atomic E-state index is 0.0526. The number of hydrogen-bond acceptors (Lipinski definition) is 6. The van der Waals surface area contributed by atoms with Crippen LogP contribution < -0.4 is 14.8 Å². The molecule has 2 aromatic rings. The number of rotatable bonds is 7. The van der Waals surface area contributed by atoms with Crippen LogP contribution in [0.4, 0.5) is 0 Å². The smallest absolute Gasteiger partial charge is 0.336 e. The van der Waals surface area contributed by atoms with Crippen LogP contribution in [-0.2, 0) is 20.9 Å². The van der Waals surface area contributed by atoms with E-state index in [1.54, 1.807) is 32.2 Å². The molecule has 2 aliphatic rings. The van der Waals surface area contributed by atoms with Gasteiger partial charge in [0.2, 0.25) is 0 Å². The lowest BCUT2D eigenvalue weighted by Crippen LogP contribution is -2.34. The van der Waals surface area contributed by atoms with Crippen LogP contribution in [0.15, 0.2) is 63.4 Å². The van der Waals surface area contributed by atoms with Gasteiger partial charge in [-0.2, -0.15) is 0 Å². The fraction of sp³-hybridized carbons (Fsp3) is 0.333. The van der Waals surface area contributed by atoms with Crippen LogP contribution in [0.2, 0.25) is 5.02 Å². The summed E-state index contributed by atoms with van der Waals surface area (Å²) in [6.07, 6.45) is 2.02. The third-order valence-corrected chi connectivity index (χ3v) is 7.04. The van der Waals surface area contributed by atoms with E-state index in [0.29, 0.717) is 39.8 Å². The average Bonchev–Trinajstić information content (AvgIpc) is 2.82. The maximum atomic E-state index is 13.1. The summed E-state index contributed by atoms with van der Waals surface area (Å²) in [5, 5.41) is 3.91. The molecule has 0 fully saturated rings. The molecule has 6 nitrogen and oxygen atoms in total. The van der Waals surface area contributed by atoms with Gasteiger partial charge in [0.05, 0.1) is 23.8 Å². The van der Waals surface area contributed by atoms with Gasteiger partial charge < -0.3 is 19.5 Å². The maximum absolute atomic E-state index is 13.1. The van der Waals surface area contributed by atoms with Crippen molar-refractivity contribution >= 4 is 39.3 Å². The number of methoxy groups -OCH3 is 1. The Morgan fingerprint density at radius 3 is 2.66 bits per heavy atom. The molecule has 2 aromatic carbocycles. The summed E-state index contributed by atoms with van der Waals surface area (Å²) < 4.78 is 17.7. The predicted molar refractivity (Wildman–Crippen MR) is 138 cm³/mol. The van der Waals surface area contributed by atoms with E-state index < -0.39 is 11.9 Å². The van der Waals surface area contributed by atoms with Crippen LogP contribution in [0.5, 0.6) is 11.5 Å².